The van der Waals surface area contributed by atoms with Gasteiger partial charge in [0.2, 0.25) is 0 Å². The molecule has 28 aromatic rings. The van der Waals surface area contributed by atoms with Crippen LogP contribution in [0.3, 0.4) is 0 Å². The number of hydrogen-bond donors (Lipinski definition) is 0. The summed E-state index contributed by atoms with van der Waals surface area (Å²) >= 11 is 0. The number of aromatic nitrogens is 6. The van der Waals surface area contributed by atoms with Gasteiger partial charge in [0.1, 0.15) is 34.0 Å². The molecule has 0 atom stereocenters. The molecule has 3 aromatic heterocycles. The lowest BCUT2D eigenvalue weighted by molar-refractivity contribution is 0.474. The van der Waals surface area contributed by atoms with Gasteiger partial charge in [-0.15, -0.1) is 0 Å². The van der Waals surface area contributed by atoms with Crippen molar-refractivity contribution in [1.82, 2.24) is 28.7 Å². The predicted molar refractivity (Wildman–Crippen MR) is 616 cm³/mol. The number of aryl methyl sites for hydroxylation is 3. The van der Waals surface area contributed by atoms with E-state index < -0.39 is 0 Å². The molecule has 696 valence electrons. The highest BCUT2D eigenvalue weighted by Gasteiger charge is 2.32. The van der Waals surface area contributed by atoms with Gasteiger partial charge in [-0.2, -0.15) is 0 Å². The van der Waals surface area contributed by atoms with E-state index in [9.17, 15) is 0 Å². The zero-order chi connectivity index (χ0) is 97.9. The van der Waals surface area contributed by atoms with E-state index in [1.165, 1.54) is 174 Å². The molecule has 0 saturated carbocycles. The molecule has 0 aliphatic carbocycles. The van der Waals surface area contributed by atoms with Gasteiger partial charge in [-0.25, -0.2) is 15.0 Å². The molecule has 0 bridgehead atoms. The summed E-state index contributed by atoms with van der Waals surface area (Å²) in [6.07, 6.45) is 2.52. The Morgan fingerprint density at radius 3 is 0.797 bits per heavy atom. The summed E-state index contributed by atoms with van der Waals surface area (Å²) in [5.41, 5.74) is 30.8. The Morgan fingerprint density at radius 2 is 0.426 bits per heavy atom. The third-order valence-corrected chi connectivity index (χ3v) is 30.7. The van der Waals surface area contributed by atoms with Crippen LogP contribution in [-0.2, 0) is 19.3 Å². The number of fused-ring (bicyclic) bond motifs is 16. The summed E-state index contributed by atoms with van der Waals surface area (Å²) in [6.45, 7) is 6.47. The van der Waals surface area contributed by atoms with Gasteiger partial charge in [0.05, 0.1) is 33.6 Å². The smallest absolute Gasteiger partial charge is 0.153 e. The number of benzene rings is 25. The quantitative estimate of drug-likeness (QED) is 0.113. The molecule has 9 nitrogen and oxygen atoms in total. The zero-order valence-corrected chi connectivity index (χ0v) is 81.5. The molecule has 9 heteroatoms. The molecule has 25 aromatic carbocycles. The van der Waals surface area contributed by atoms with Crippen LogP contribution in [0.4, 0.5) is 0 Å². The summed E-state index contributed by atoms with van der Waals surface area (Å²) in [6, 6.07) is 169. The Kier molecular flexibility index (Phi) is 20.0. The van der Waals surface area contributed by atoms with E-state index >= 15 is 0 Å². The van der Waals surface area contributed by atoms with Gasteiger partial charge in [0.25, 0.3) is 0 Å². The lowest BCUT2D eigenvalue weighted by atomic mass is 9.83. The van der Waals surface area contributed by atoms with Crippen LogP contribution >= 0.6 is 0 Å². The molecule has 0 fully saturated rings. The Balaban J connectivity index is 0.000000105. The van der Waals surface area contributed by atoms with Gasteiger partial charge >= 0.3 is 0 Å². The second kappa shape index (κ2) is 34.6. The monoisotopic (exact) mass is 1890 g/mol. The van der Waals surface area contributed by atoms with Crippen molar-refractivity contribution in [2.45, 2.75) is 40.0 Å². The van der Waals surface area contributed by atoms with E-state index in [1.807, 2.05) is 36.4 Å². The van der Waals surface area contributed by atoms with Crippen molar-refractivity contribution in [3.8, 4) is 152 Å². The lowest BCUT2D eigenvalue weighted by Crippen LogP contribution is -2.07. The molecule has 6 heterocycles. The first-order chi connectivity index (χ1) is 73.2. The average Bonchev–Trinajstić information content (AvgIpc) is 1.24. The maximum atomic E-state index is 6.61. The van der Waals surface area contributed by atoms with Crippen molar-refractivity contribution < 1.29 is 14.2 Å². The van der Waals surface area contributed by atoms with Gasteiger partial charge in [0.15, 0.2) is 34.5 Å². The number of rotatable bonds is 12. The third-order valence-electron chi connectivity index (χ3n) is 30.7. The Hall–Kier alpha value is -19.1. The van der Waals surface area contributed by atoms with Gasteiger partial charge in [-0.1, -0.05) is 385 Å². The van der Waals surface area contributed by atoms with Crippen molar-refractivity contribution in [2.24, 2.45) is 0 Å². The highest BCUT2D eigenvalue weighted by Crippen LogP contribution is 2.55. The molecule has 0 N–H and O–H groups in total. The molecule has 0 spiro atoms. The van der Waals surface area contributed by atoms with E-state index in [0.29, 0.717) is 0 Å². The van der Waals surface area contributed by atoms with Gasteiger partial charge in [-0.05, 0) is 311 Å². The molecule has 0 amide bonds. The van der Waals surface area contributed by atoms with Crippen LogP contribution in [-0.4, -0.2) is 28.7 Å². The van der Waals surface area contributed by atoms with Crippen LogP contribution < -0.4 is 14.2 Å². The molecule has 0 radical (unpaired) electrons. The summed E-state index contributed by atoms with van der Waals surface area (Å²) in [5, 5.41) is 24.8. The van der Waals surface area contributed by atoms with Crippen molar-refractivity contribution in [3.63, 3.8) is 0 Å². The molecule has 3 aliphatic rings. The highest BCUT2D eigenvalue weighted by molar-refractivity contribution is 6.28. The molecular formula is C139H92N6O3. The van der Waals surface area contributed by atoms with Crippen molar-refractivity contribution in [1.29, 1.82) is 0 Å². The Labute approximate surface area is 854 Å². The van der Waals surface area contributed by atoms with Crippen molar-refractivity contribution >= 4 is 141 Å². The van der Waals surface area contributed by atoms with E-state index in [-0.39, 0.29) is 0 Å². The Morgan fingerprint density at radius 1 is 0.169 bits per heavy atom. The number of hydrogen-bond acceptors (Lipinski definition) is 6. The van der Waals surface area contributed by atoms with Crippen LogP contribution in [0.15, 0.2) is 467 Å². The Bertz CT molecular complexity index is 10400. The second-order valence-corrected chi connectivity index (χ2v) is 39.0. The molecule has 0 saturated heterocycles. The molecule has 0 unspecified atom stereocenters. The fourth-order valence-electron chi connectivity index (χ4n) is 24.1. The largest absolute Gasteiger partial charge is 0.453 e. The van der Waals surface area contributed by atoms with Crippen LogP contribution in [0.25, 0.3) is 258 Å². The summed E-state index contributed by atoms with van der Waals surface area (Å²) in [4.78, 5) is 14.8. The second-order valence-electron chi connectivity index (χ2n) is 39.0. The fourth-order valence-corrected chi connectivity index (χ4v) is 24.1. The highest BCUT2D eigenvalue weighted by atomic mass is 16.5. The molecular weight excluding hydrogens is 1800 g/mol. The maximum absolute atomic E-state index is 6.61. The van der Waals surface area contributed by atoms with Gasteiger partial charge in [0, 0.05) is 19.3 Å². The minimum atomic E-state index is 0.837. The van der Waals surface area contributed by atoms with E-state index in [2.05, 4.69) is 465 Å². The number of nitrogens with zero attached hydrogens (tertiary/aromatic N) is 6. The molecule has 3 aliphatic heterocycles. The first kappa shape index (κ1) is 85.7. The van der Waals surface area contributed by atoms with E-state index in [0.717, 1.165) is 155 Å². The standard InChI is InChI=1S/2C49H32N2O.C41H28N2O/c1-2-46-50-42-22-11-23-44-49(42)51(46)43-27-25-33(29-45(43)52-44)32-24-26-40-41(28-32)48(37-21-10-15-31-13-4-6-17-35(31)37)39-19-8-7-18-38(39)47(40)36-20-9-14-30-12-3-5-16-34(30)36;1-2-46-50-42-16-9-17-44-49(42)51(46)43-25-23-35(29-45(43)52-44)34-22-24-40-41(28-34)48(37-21-19-31-11-4-6-13-33(31)27-37)39-15-8-7-14-38(39)47(40)36-20-18-30-10-3-5-12-32(30)26-36;1-2-38-42-34-18-11-19-36-41(34)43(38)35-23-21-29(25-37(35)44-36)28-20-22-32-33(24-28)40(27-14-7-4-8-15-27)31-17-10-9-16-30(31)39(32)26-12-5-3-6-13-26/h2*3-29H,2H2,1H3;3-25H,2H2,1H3. The summed E-state index contributed by atoms with van der Waals surface area (Å²) in [5.74, 6) is 8.20. The first-order valence-electron chi connectivity index (χ1n) is 51.2. The number of imidazole rings is 3. The minimum absolute atomic E-state index is 0.837. The van der Waals surface area contributed by atoms with E-state index in [4.69, 9.17) is 29.2 Å². The molecule has 31 rings (SSSR count). The van der Waals surface area contributed by atoms with Crippen molar-refractivity contribution in [2.75, 3.05) is 0 Å². The normalized spacial score (nSPS) is 12.1. The summed E-state index contributed by atoms with van der Waals surface area (Å²) in [7, 11) is 0. The molecule has 148 heavy (non-hydrogen) atoms. The van der Waals surface area contributed by atoms with Crippen molar-refractivity contribution in [3.05, 3.63) is 485 Å². The number of ether oxygens (including phenoxy) is 3. The SMILES string of the molecule is CCc1nc2cccc3c2n1-c1ccc(-c2ccc4c(-c5ccc6ccccc6c5)c5ccccc5c(-c5ccc6ccccc6c5)c4c2)cc1O3.CCc1nc2cccc3c2n1-c1ccc(-c2ccc4c(-c5cccc6ccccc56)c5ccccc5c(-c5cccc6ccccc56)c4c2)cc1O3.CCc1nc2cccc3c2n1-c1ccc(-c2ccc4c(-c5ccccc5)c5ccccc5c(-c5ccccc5)c4c2)cc1O3. The van der Waals surface area contributed by atoms with Crippen LogP contribution in [0.1, 0.15) is 38.2 Å². The van der Waals surface area contributed by atoms with E-state index in [1.54, 1.807) is 0 Å². The third kappa shape index (κ3) is 13.8. The van der Waals surface area contributed by atoms with Crippen LogP contribution in [0.2, 0.25) is 0 Å². The van der Waals surface area contributed by atoms with Gasteiger partial charge in [-0.3, -0.25) is 13.7 Å². The lowest BCUT2D eigenvalue weighted by Gasteiger charge is -2.22. The van der Waals surface area contributed by atoms with Gasteiger partial charge < -0.3 is 14.2 Å². The maximum Gasteiger partial charge on any atom is 0.153 e. The number of para-hydroxylation sites is 3. The predicted octanol–water partition coefficient (Wildman–Crippen LogP) is 37.6. The fraction of sp³-hybridized carbons (Fsp3) is 0.0432. The summed E-state index contributed by atoms with van der Waals surface area (Å²) < 4.78 is 26.5. The van der Waals surface area contributed by atoms with Crippen LogP contribution in [0.5, 0.6) is 34.5 Å². The zero-order valence-electron chi connectivity index (χ0n) is 81.5. The minimum Gasteiger partial charge on any atom is -0.453 e. The van der Waals surface area contributed by atoms with Crippen LogP contribution in [0, 0.1) is 0 Å². The first-order valence-corrected chi connectivity index (χ1v) is 51.2. The average molecular weight is 1890 g/mol. The topological polar surface area (TPSA) is 81.1 Å².